The highest BCUT2D eigenvalue weighted by molar-refractivity contribution is 5.95. The average molecular weight is 354 g/mol. The molecule has 0 fully saturated rings. The third-order valence-corrected chi connectivity index (χ3v) is 3.47. The van der Waals surface area contributed by atoms with Crippen LogP contribution >= 0.6 is 0 Å². The molecule has 2 aromatic rings. The van der Waals surface area contributed by atoms with Crippen LogP contribution < -0.4 is 14.8 Å². The van der Waals surface area contributed by atoms with Crippen LogP contribution in [0.25, 0.3) is 0 Å². The number of hydrogen-bond acceptors (Lipinski definition) is 6. The normalized spacial score (nSPS) is 9.73. The summed E-state index contributed by atoms with van der Waals surface area (Å²) in [5, 5.41) is 11.2. The van der Waals surface area contributed by atoms with Crippen molar-refractivity contribution in [3.8, 4) is 17.6 Å². The molecule has 0 bridgehead atoms. The maximum Gasteiger partial charge on any atom is 0.338 e. The first kappa shape index (κ1) is 18.8. The standard InChI is InChI=1S/C19H18N2O5/c1-24-16-8-5-14(11-17(16)25-2)19(23)26-12-18(22)21-15-6-3-13(4-7-15)9-10-20/h3-8,11H,9,12H2,1-2H3,(H,21,22). The third-order valence-electron chi connectivity index (χ3n) is 3.47. The number of nitriles is 1. The number of carbonyl (C=O) groups excluding carboxylic acids is 2. The number of rotatable bonds is 7. The molecule has 0 aliphatic rings. The van der Waals surface area contributed by atoms with E-state index in [0.29, 0.717) is 23.6 Å². The molecule has 0 radical (unpaired) electrons. The molecule has 0 unspecified atom stereocenters. The van der Waals surface area contributed by atoms with Gasteiger partial charge in [0, 0.05) is 5.69 Å². The molecule has 0 saturated heterocycles. The summed E-state index contributed by atoms with van der Waals surface area (Å²) in [6.07, 6.45) is 0.303. The number of methoxy groups -OCH3 is 2. The summed E-state index contributed by atoms with van der Waals surface area (Å²) in [6.45, 7) is -0.423. The van der Waals surface area contributed by atoms with Crippen LogP contribution in [0.2, 0.25) is 0 Å². The van der Waals surface area contributed by atoms with Crippen LogP contribution in [0.3, 0.4) is 0 Å². The molecule has 2 aromatic carbocycles. The highest BCUT2D eigenvalue weighted by Gasteiger charge is 2.13. The van der Waals surface area contributed by atoms with Crippen molar-refractivity contribution in [2.75, 3.05) is 26.1 Å². The van der Waals surface area contributed by atoms with E-state index in [0.717, 1.165) is 5.56 Å². The summed E-state index contributed by atoms with van der Waals surface area (Å²) in [5.41, 5.74) is 1.65. The molecule has 0 saturated carbocycles. The number of nitrogens with zero attached hydrogens (tertiary/aromatic N) is 1. The zero-order chi connectivity index (χ0) is 18.9. The second kappa shape index (κ2) is 9.08. The van der Waals surface area contributed by atoms with E-state index in [1.54, 1.807) is 30.3 Å². The quantitative estimate of drug-likeness (QED) is 0.768. The van der Waals surface area contributed by atoms with Crippen LogP contribution in [-0.4, -0.2) is 32.7 Å². The Hall–Kier alpha value is -3.53. The number of nitrogens with one attached hydrogen (secondary N) is 1. The summed E-state index contributed by atoms with van der Waals surface area (Å²) < 4.78 is 15.2. The van der Waals surface area contributed by atoms with Gasteiger partial charge in [0.05, 0.1) is 32.3 Å². The SMILES string of the molecule is COc1ccc(C(=O)OCC(=O)Nc2ccc(CC#N)cc2)cc1OC. The zero-order valence-corrected chi connectivity index (χ0v) is 14.4. The monoisotopic (exact) mass is 354 g/mol. The summed E-state index contributed by atoms with van der Waals surface area (Å²) >= 11 is 0. The van der Waals surface area contributed by atoms with Gasteiger partial charge in [-0.05, 0) is 35.9 Å². The Balaban J connectivity index is 1.90. The Bertz CT molecular complexity index is 825. The predicted octanol–water partition coefficient (Wildman–Crippen LogP) is 2.57. The van der Waals surface area contributed by atoms with Crippen LogP contribution in [0.5, 0.6) is 11.5 Å². The Morgan fingerprint density at radius 2 is 1.73 bits per heavy atom. The van der Waals surface area contributed by atoms with Gasteiger partial charge in [-0.15, -0.1) is 0 Å². The average Bonchev–Trinajstić information content (AvgIpc) is 2.67. The second-order valence-electron chi connectivity index (χ2n) is 5.23. The van der Waals surface area contributed by atoms with Gasteiger partial charge in [0.15, 0.2) is 18.1 Å². The third kappa shape index (κ3) is 4.98. The first-order chi connectivity index (χ1) is 12.6. The largest absolute Gasteiger partial charge is 0.493 e. The van der Waals surface area contributed by atoms with Crippen LogP contribution in [0.15, 0.2) is 42.5 Å². The predicted molar refractivity (Wildman–Crippen MR) is 94.2 cm³/mol. The van der Waals surface area contributed by atoms with E-state index in [2.05, 4.69) is 5.32 Å². The number of carbonyl (C=O) groups is 2. The Labute approximate surface area is 151 Å². The minimum Gasteiger partial charge on any atom is -0.493 e. The Kier molecular flexibility index (Phi) is 6.57. The molecule has 26 heavy (non-hydrogen) atoms. The fourth-order valence-electron chi connectivity index (χ4n) is 2.17. The van der Waals surface area contributed by atoms with Crippen molar-refractivity contribution in [2.24, 2.45) is 0 Å². The molecule has 0 aromatic heterocycles. The number of anilines is 1. The van der Waals surface area contributed by atoms with Gasteiger partial charge in [-0.2, -0.15) is 5.26 Å². The van der Waals surface area contributed by atoms with E-state index < -0.39 is 18.5 Å². The zero-order valence-electron chi connectivity index (χ0n) is 14.4. The molecule has 0 atom stereocenters. The molecule has 0 aliphatic heterocycles. The molecule has 1 N–H and O–H groups in total. The molecule has 0 aliphatic carbocycles. The van der Waals surface area contributed by atoms with Gasteiger partial charge >= 0.3 is 5.97 Å². The topological polar surface area (TPSA) is 97.6 Å². The van der Waals surface area contributed by atoms with Gasteiger partial charge in [0.2, 0.25) is 0 Å². The minimum atomic E-state index is -0.648. The van der Waals surface area contributed by atoms with Gasteiger partial charge < -0.3 is 19.5 Å². The maximum atomic E-state index is 12.1. The van der Waals surface area contributed by atoms with Gasteiger partial charge in [-0.3, -0.25) is 4.79 Å². The molecule has 1 amide bonds. The summed E-state index contributed by atoms with van der Waals surface area (Å²) in [7, 11) is 2.95. The summed E-state index contributed by atoms with van der Waals surface area (Å²) in [6, 6.07) is 13.5. The van der Waals surface area contributed by atoms with Crippen molar-refractivity contribution in [3.63, 3.8) is 0 Å². The molecular weight excluding hydrogens is 336 g/mol. The van der Waals surface area contributed by atoms with Crippen LogP contribution in [-0.2, 0) is 16.0 Å². The van der Waals surface area contributed by atoms with Crippen molar-refractivity contribution < 1.29 is 23.8 Å². The van der Waals surface area contributed by atoms with Crippen molar-refractivity contribution in [2.45, 2.75) is 6.42 Å². The van der Waals surface area contributed by atoms with E-state index in [-0.39, 0.29) is 5.56 Å². The van der Waals surface area contributed by atoms with E-state index in [9.17, 15) is 9.59 Å². The highest BCUT2D eigenvalue weighted by atomic mass is 16.5. The molecular formula is C19H18N2O5. The second-order valence-corrected chi connectivity index (χ2v) is 5.23. The van der Waals surface area contributed by atoms with Gasteiger partial charge in [0.25, 0.3) is 5.91 Å². The lowest BCUT2D eigenvalue weighted by Gasteiger charge is -2.10. The Morgan fingerprint density at radius 3 is 2.35 bits per heavy atom. The van der Waals surface area contributed by atoms with Gasteiger partial charge in [-0.1, -0.05) is 12.1 Å². The lowest BCUT2D eigenvalue weighted by molar-refractivity contribution is -0.119. The van der Waals surface area contributed by atoms with Crippen molar-refractivity contribution in [3.05, 3.63) is 53.6 Å². The van der Waals surface area contributed by atoms with E-state index >= 15 is 0 Å². The lowest BCUT2D eigenvalue weighted by Crippen LogP contribution is -2.21. The lowest BCUT2D eigenvalue weighted by atomic mass is 10.1. The maximum absolute atomic E-state index is 12.1. The van der Waals surface area contributed by atoms with Crippen molar-refractivity contribution in [1.29, 1.82) is 5.26 Å². The first-order valence-corrected chi connectivity index (χ1v) is 7.72. The van der Waals surface area contributed by atoms with Crippen LogP contribution in [0.1, 0.15) is 15.9 Å². The van der Waals surface area contributed by atoms with Crippen molar-refractivity contribution >= 4 is 17.6 Å². The molecule has 0 spiro atoms. The van der Waals surface area contributed by atoms with Crippen molar-refractivity contribution in [1.82, 2.24) is 0 Å². The fourth-order valence-corrected chi connectivity index (χ4v) is 2.17. The van der Waals surface area contributed by atoms with Gasteiger partial charge in [0.1, 0.15) is 0 Å². The molecule has 7 nitrogen and oxygen atoms in total. The highest BCUT2D eigenvalue weighted by Crippen LogP contribution is 2.27. The molecule has 134 valence electrons. The van der Waals surface area contributed by atoms with E-state index in [4.69, 9.17) is 19.5 Å². The molecule has 0 heterocycles. The van der Waals surface area contributed by atoms with Crippen LogP contribution in [0, 0.1) is 11.3 Å². The number of esters is 1. The smallest absolute Gasteiger partial charge is 0.338 e. The first-order valence-electron chi connectivity index (χ1n) is 7.72. The molecule has 2 rings (SSSR count). The van der Waals surface area contributed by atoms with E-state index in [1.807, 2.05) is 6.07 Å². The summed E-state index contributed by atoms with van der Waals surface area (Å²) in [5.74, 6) is -0.233. The number of amides is 1. The number of hydrogen-bond donors (Lipinski definition) is 1. The number of ether oxygens (including phenoxy) is 3. The summed E-state index contributed by atoms with van der Waals surface area (Å²) in [4.78, 5) is 24.0. The number of benzene rings is 2. The van der Waals surface area contributed by atoms with E-state index in [1.165, 1.54) is 26.4 Å². The van der Waals surface area contributed by atoms with Crippen LogP contribution in [0.4, 0.5) is 5.69 Å². The Morgan fingerprint density at radius 1 is 1.04 bits per heavy atom. The fraction of sp³-hybridized carbons (Fsp3) is 0.211. The molecule has 7 heteroatoms. The van der Waals surface area contributed by atoms with Gasteiger partial charge in [-0.25, -0.2) is 4.79 Å². The minimum absolute atomic E-state index is 0.247.